The molecule has 0 amide bonds. The molecule has 0 spiro atoms. The van der Waals surface area contributed by atoms with Gasteiger partial charge in [0.25, 0.3) is 0 Å². The van der Waals surface area contributed by atoms with Gasteiger partial charge in [0.15, 0.2) is 0 Å². The molecular weight excluding hydrogens is 211 g/mol. The van der Waals surface area contributed by atoms with Gasteiger partial charge in [0.1, 0.15) is 0 Å². The molecule has 0 aromatic heterocycles. The van der Waals surface area contributed by atoms with Crippen molar-refractivity contribution >= 4 is 6.21 Å². The summed E-state index contributed by atoms with van der Waals surface area (Å²) in [4.78, 5) is 3.64. The number of hydrogen-bond donors (Lipinski definition) is 0. The molecule has 1 radical (unpaired) electrons. The molecule has 1 nitrogen and oxygen atoms in total. The predicted octanol–water partition coefficient (Wildman–Crippen LogP) is 1.93. The molecule has 0 bridgehead atoms. The zero-order valence-electron chi connectivity index (χ0n) is 6.07. The molecule has 0 saturated carbocycles. The van der Waals surface area contributed by atoms with Gasteiger partial charge in [-0.25, -0.2) is 6.20 Å². The van der Waals surface area contributed by atoms with Crippen molar-refractivity contribution in [3.05, 3.63) is 48.7 Å². The smallest absolute Gasteiger partial charge is 0 e. The molecule has 0 unspecified atom stereocenters. The standard InChI is InChI=1S/C9H7N.Y/c1-2-10-8-9-6-4-3-5-7-9;/h1-7H;/q-2;. The maximum absolute atomic E-state index is 5.02. The summed E-state index contributed by atoms with van der Waals surface area (Å²) < 4.78 is 0. The molecule has 0 fully saturated rings. The maximum Gasteiger partial charge on any atom is 0 e. The van der Waals surface area contributed by atoms with Gasteiger partial charge in [-0.15, -0.1) is 29.8 Å². The third-order valence-electron chi connectivity index (χ3n) is 1.04. The molecule has 0 aliphatic carbocycles. The van der Waals surface area contributed by atoms with E-state index in [4.69, 9.17) is 6.58 Å². The van der Waals surface area contributed by atoms with Gasteiger partial charge in [-0.05, 0) is 6.21 Å². The van der Waals surface area contributed by atoms with E-state index in [0.29, 0.717) is 0 Å². The number of nitrogens with zero attached hydrogens (tertiary/aromatic N) is 1. The van der Waals surface area contributed by atoms with Crippen LogP contribution in [0.25, 0.3) is 0 Å². The minimum Gasteiger partial charge on any atom is -0.548 e. The second-order valence-electron chi connectivity index (χ2n) is 1.76. The van der Waals surface area contributed by atoms with E-state index in [2.05, 4.69) is 11.2 Å². The van der Waals surface area contributed by atoms with Gasteiger partial charge in [0, 0.05) is 32.7 Å². The van der Waals surface area contributed by atoms with Crippen molar-refractivity contribution in [2.45, 2.75) is 0 Å². The number of benzene rings is 1. The van der Waals surface area contributed by atoms with Crippen molar-refractivity contribution in [1.82, 2.24) is 0 Å². The first-order chi connectivity index (χ1) is 4.93. The van der Waals surface area contributed by atoms with E-state index < -0.39 is 0 Å². The number of aliphatic imine (C=N–C) groups is 1. The maximum atomic E-state index is 5.02. The van der Waals surface area contributed by atoms with Crippen molar-refractivity contribution in [1.29, 1.82) is 0 Å². The molecule has 11 heavy (non-hydrogen) atoms. The molecule has 2 heteroatoms. The minimum absolute atomic E-state index is 0. The Morgan fingerprint density at radius 3 is 2.45 bits per heavy atom. The van der Waals surface area contributed by atoms with Gasteiger partial charge in [0.05, 0.1) is 0 Å². The Balaban J connectivity index is 0.000001000. The average Bonchev–Trinajstić information content (AvgIpc) is 2.03. The van der Waals surface area contributed by atoms with Crippen LogP contribution in [0, 0.1) is 6.58 Å². The van der Waals surface area contributed by atoms with Gasteiger partial charge >= 0.3 is 0 Å². The summed E-state index contributed by atoms with van der Waals surface area (Å²) in [6, 6.07) is 9.61. The van der Waals surface area contributed by atoms with Crippen molar-refractivity contribution in [2.75, 3.05) is 0 Å². The molecule has 1 rings (SSSR count). The first-order valence-corrected chi connectivity index (χ1v) is 2.98. The van der Waals surface area contributed by atoms with Crippen molar-refractivity contribution in [3.63, 3.8) is 0 Å². The molecule has 53 valence electrons. The zero-order valence-corrected chi connectivity index (χ0v) is 8.90. The van der Waals surface area contributed by atoms with E-state index in [-0.39, 0.29) is 32.7 Å². The largest absolute Gasteiger partial charge is 0.548 e. The minimum atomic E-state index is 0. The van der Waals surface area contributed by atoms with Crippen LogP contribution < -0.4 is 0 Å². The fourth-order valence-electron chi connectivity index (χ4n) is 0.624. The van der Waals surface area contributed by atoms with E-state index in [9.17, 15) is 0 Å². The van der Waals surface area contributed by atoms with Crippen LogP contribution in [-0.2, 0) is 32.7 Å². The third kappa shape index (κ3) is 4.23. The van der Waals surface area contributed by atoms with Crippen LogP contribution in [0.5, 0.6) is 0 Å². The molecular formula is C9H7NY-2. The summed E-state index contributed by atoms with van der Waals surface area (Å²) in [6.45, 7) is 5.02. The Morgan fingerprint density at radius 2 is 1.91 bits per heavy atom. The molecule has 1 aromatic rings. The van der Waals surface area contributed by atoms with E-state index in [1.165, 1.54) is 6.20 Å². The van der Waals surface area contributed by atoms with Crippen LogP contribution in [0.2, 0.25) is 0 Å². The Morgan fingerprint density at radius 1 is 1.27 bits per heavy atom. The molecule has 1 aromatic carbocycles. The average molecular weight is 218 g/mol. The third-order valence-corrected chi connectivity index (χ3v) is 1.04. The Kier molecular flexibility index (Phi) is 6.29. The van der Waals surface area contributed by atoms with Gasteiger partial charge in [-0.1, -0.05) is 6.07 Å². The molecule has 0 aliphatic rings. The quantitative estimate of drug-likeness (QED) is 0.531. The van der Waals surface area contributed by atoms with Crippen LogP contribution in [0.4, 0.5) is 0 Å². The first-order valence-electron chi connectivity index (χ1n) is 2.98. The topological polar surface area (TPSA) is 12.4 Å². The van der Waals surface area contributed by atoms with Crippen LogP contribution in [0.1, 0.15) is 5.56 Å². The SMILES string of the molecule is [CH-]=CN=[C-]c1ccccc1.[Y]. The number of rotatable bonds is 2. The molecule has 0 heterocycles. The van der Waals surface area contributed by atoms with Crippen LogP contribution in [0.3, 0.4) is 0 Å². The van der Waals surface area contributed by atoms with E-state index in [0.717, 1.165) is 5.56 Å². The van der Waals surface area contributed by atoms with Gasteiger partial charge < -0.3 is 11.6 Å². The predicted molar refractivity (Wildman–Crippen MR) is 41.8 cm³/mol. The summed E-state index contributed by atoms with van der Waals surface area (Å²) in [5, 5.41) is 0. The van der Waals surface area contributed by atoms with E-state index in [1.54, 1.807) is 0 Å². The first kappa shape index (κ1) is 10.7. The van der Waals surface area contributed by atoms with Gasteiger partial charge in [-0.2, -0.15) is 0 Å². The number of hydrogen-bond acceptors (Lipinski definition) is 1. The van der Waals surface area contributed by atoms with Gasteiger partial charge in [0.2, 0.25) is 0 Å². The van der Waals surface area contributed by atoms with Crippen LogP contribution >= 0.6 is 0 Å². The second-order valence-corrected chi connectivity index (χ2v) is 1.76. The van der Waals surface area contributed by atoms with E-state index in [1.807, 2.05) is 30.3 Å². The summed E-state index contributed by atoms with van der Waals surface area (Å²) >= 11 is 0. The van der Waals surface area contributed by atoms with Crippen molar-refractivity contribution in [2.24, 2.45) is 4.99 Å². The molecule has 0 N–H and O–H groups in total. The summed E-state index contributed by atoms with van der Waals surface area (Å²) in [7, 11) is 0. The summed E-state index contributed by atoms with van der Waals surface area (Å²) in [6.07, 6.45) is 3.95. The molecule has 0 atom stereocenters. The molecule has 0 aliphatic heterocycles. The zero-order chi connectivity index (χ0) is 7.23. The van der Waals surface area contributed by atoms with Crippen LogP contribution in [0.15, 0.2) is 41.5 Å². The Labute approximate surface area is 92.1 Å². The van der Waals surface area contributed by atoms with Crippen LogP contribution in [-0.4, -0.2) is 6.21 Å². The summed E-state index contributed by atoms with van der Waals surface area (Å²) in [5.74, 6) is 0. The second kappa shape index (κ2) is 6.44. The van der Waals surface area contributed by atoms with E-state index >= 15 is 0 Å². The Bertz CT molecular complexity index is 229. The van der Waals surface area contributed by atoms with Crippen molar-refractivity contribution < 1.29 is 32.7 Å². The fourth-order valence-corrected chi connectivity index (χ4v) is 0.624. The normalized spacial score (nSPS) is 9.09. The monoisotopic (exact) mass is 218 g/mol. The fraction of sp³-hybridized carbons (Fsp3) is 0. The Hall–Kier alpha value is -0.266. The summed E-state index contributed by atoms with van der Waals surface area (Å²) in [5.41, 5.74) is 0.934. The van der Waals surface area contributed by atoms with Crippen molar-refractivity contribution in [3.8, 4) is 0 Å². The van der Waals surface area contributed by atoms with Gasteiger partial charge in [-0.3, -0.25) is 0 Å². The molecule has 0 saturated heterocycles.